The Hall–Kier alpha value is -0.770. The molecule has 4 N–H and O–H groups in total. The molecule has 54 valence electrons. The van der Waals surface area contributed by atoms with Crippen LogP contribution in [0.1, 0.15) is 13.8 Å². The summed E-state index contributed by atoms with van der Waals surface area (Å²) in [5.41, 5.74) is 9.61. The minimum atomic E-state index is -0.598. The lowest BCUT2D eigenvalue weighted by molar-refractivity contribution is 0.0308. The van der Waals surface area contributed by atoms with Crippen molar-refractivity contribution in [2.24, 2.45) is 16.5 Å². The van der Waals surface area contributed by atoms with Crippen LogP contribution in [0.3, 0.4) is 0 Å². The summed E-state index contributed by atoms with van der Waals surface area (Å²) in [6.45, 7) is 3.54. The molecule has 0 aromatic rings. The molecule has 0 saturated heterocycles. The minimum Gasteiger partial charge on any atom is -0.370 e. The van der Waals surface area contributed by atoms with Crippen molar-refractivity contribution in [2.45, 2.75) is 19.6 Å². The first-order valence-electron chi connectivity index (χ1n) is 2.64. The summed E-state index contributed by atoms with van der Waals surface area (Å²) in [6.07, 6.45) is 0. The Labute approximate surface area is 54.9 Å². The second kappa shape index (κ2) is 2.68. The zero-order chi connectivity index (χ0) is 7.49. The third-order valence-electron chi connectivity index (χ3n) is 0.898. The summed E-state index contributed by atoms with van der Waals surface area (Å²) >= 11 is 0. The smallest absolute Gasteiger partial charge is 0.188 e. The van der Waals surface area contributed by atoms with E-state index >= 15 is 0 Å². The van der Waals surface area contributed by atoms with Gasteiger partial charge in [0.25, 0.3) is 0 Å². The van der Waals surface area contributed by atoms with Crippen molar-refractivity contribution in [3.8, 4) is 0 Å². The molecule has 0 saturated carbocycles. The highest BCUT2D eigenvalue weighted by Crippen LogP contribution is 2.07. The average Bonchev–Trinajstić information content (AvgIpc) is 1.63. The van der Waals surface area contributed by atoms with Gasteiger partial charge in [0.05, 0.1) is 0 Å². The topological polar surface area (TPSA) is 73.6 Å². The highest BCUT2D eigenvalue weighted by atomic mass is 16.5. The molecule has 9 heavy (non-hydrogen) atoms. The molecule has 0 atom stereocenters. The van der Waals surface area contributed by atoms with E-state index in [2.05, 4.69) is 4.99 Å². The fourth-order valence-corrected chi connectivity index (χ4v) is 0.357. The lowest BCUT2D eigenvalue weighted by atomic mass is 10.3. The fourth-order valence-electron chi connectivity index (χ4n) is 0.357. The molecule has 0 aliphatic heterocycles. The summed E-state index contributed by atoms with van der Waals surface area (Å²) in [5.74, 6) is 0.0434. The molecule has 0 unspecified atom stereocenters. The van der Waals surface area contributed by atoms with Gasteiger partial charge in [0, 0.05) is 7.11 Å². The van der Waals surface area contributed by atoms with Gasteiger partial charge in [0.15, 0.2) is 11.7 Å². The van der Waals surface area contributed by atoms with Crippen LogP contribution < -0.4 is 11.5 Å². The third-order valence-corrected chi connectivity index (χ3v) is 0.898. The lowest BCUT2D eigenvalue weighted by Crippen LogP contribution is -2.30. The molecule has 0 heterocycles. The molecule has 0 fully saturated rings. The first-order valence-corrected chi connectivity index (χ1v) is 2.64. The highest BCUT2D eigenvalue weighted by molar-refractivity contribution is 5.76. The van der Waals surface area contributed by atoms with Crippen molar-refractivity contribution in [3.63, 3.8) is 0 Å². The number of nitrogens with two attached hydrogens (primary N) is 2. The molecular weight excluding hydrogens is 118 g/mol. The minimum absolute atomic E-state index is 0.0434. The summed E-state index contributed by atoms with van der Waals surface area (Å²) in [7, 11) is 1.55. The van der Waals surface area contributed by atoms with E-state index in [0.717, 1.165) is 0 Å². The third kappa shape index (κ3) is 3.78. The lowest BCUT2D eigenvalue weighted by Gasteiger charge is -2.16. The van der Waals surface area contributed by atoms with Gasteiger partial charge in [-0.3, -0.25) is 0 Å². The van der Waals surface area contributed by atoms with Crippen LogP contribution in [0.15, 0.2) is 4.99 Å². The van der Waals surface area contributed by atoms with Crippen LogP contribution in [-0.4, -0.2) is 18.8 Å². The van der Waals surface area contributed by atoms with Crippen LogP contribution in [0.4, 0.5) is 0 Å². The Balaban J connectivity index is 4.01. The molecule has 4 nitrogen and oxygen atoms in total. The van der Waals surface area contributed by atoms with Crippen molar-refractivity contribution in [1.29, 1.82) is 0 Å². The number of rotatable bonds is 2. The molecule has 4 heteroatoms. The number of ether oxygens (including phenoxy) is 1. The maximum Gasteiger partial charge on any atom is 0.188 e. The van der Waals surface area contributed by atoms with Gasteiger partial charge in [-0.2, -0.15) is 0 Å². The Bertz CT molecular complexity index is 115. The largest absolute Gasteiger partial charge is 0.370 e. The molecule has 0 amide bonds. The molecule has 0 radical (unpaired) electrons. The molecular formula is C5H13N3O. The summed E-state index contributed by atoms with van der Waals surface area (Å²) in [4.78, 5) is 3.78. The van der Waals surface area contributed by atoms with Gasteiger partial charge in [-0.15, -0.1) is 0 Å². The second-order valence-corrected chi connectivity index (χ2v) is 2.19. The quantitative estimate of drug-likeness (QED) is 0.397. The molecule has 0 spiro atoms. The van der Waals surface area contributed by atoms with E-state index in [9.17, 15) is 0 Å². The van der Waals surface area contributed by atoms with E-state index < -0.39 is 5.72 Å². The van der Waals surface area contributed by atoms with Crippen molar-refractivity contribution >= 4 is 5.96 Å². The SMILES string of the molecule is COC(C)(C)N=C(N)N. The second-order valence-electron chi connectivity index (χ2n) is 2.19. The standard InChI is InChI=1S/C5H13N3O/c1-5(2,9-3)8-4(6)7/h1-3H3,(H4,6,7,8). The molecule has 0 aromatic heterocycles. The van der Waals surface area contributed by atoms with Gasteiger partial charge in [0.1, 0.15) is 0 Å². The Kier molecular flexibility index (Phi) is 2.45. The molecule has 0 aromatic carbocycles. The van der Waals surface area contributed by atoms with Crippen molar-refractivity contribution in [1.82, 2.24) is 0 Å². The predicted molar refractivity (Wildman–Crippen MR) is 36.9 cm³/mol. The summed E-state index contributed by atoms with van der Waals surface area (Å²) < 4.78 is 4.90. The van der Waals surface area contributed by atoms with E-state index in [1.54, 1.807) is 21.0 Å². The van der Waals surface area contributed by atoms with Crippen LogP contribution >= 0.6 is 0 Å². The van der Waals surface area contributed by atoms with E-state index in [1.165, 1.54) is 0 Å². The van der Waals surface area contributed by atoms with E-state index in [-0.39, 0.29) is 5.96 Å². The number of hydrogen-bond donors (Lipinski definition) is 2. The number of hydrogen-bond acceptors (Lipinski definition) is 2. The van der Waals surface area contributed by atoms with Crippen LogP contribution in [0.25, 0.3) is 0 Å². The Morgan fingerprint density at radius 2 is 1.89 bits per heavy atom. The van der Waals surface area contributed by atoms with Crippen LogP contribution in [0.5, 0.6) is 0 Å². The maximum atomic E-state index is 5.10. The normalized spacial score (nSPS) is 11.0. The summed E-state index contributed by atoms with van der Waals surface area (Å²) in [6, 6.07) is 0. The summed E-state index contributed by atoms with van der Waals surface area (Å²) in [5, 5.41) is 0. The Morgan fingerprint density at radius 3 is 2.00 bits per heavy atom. The van der Waals surface area contributed by atoms with Gasteiger partial charge >= 0.3 is 0 Å². The maximum absolute atomic E-state index is 5.10. The molecule has 0 rings (SSSR count). The zero-order valence-corrected chi connectivity index (χ0v) is 6.01. The van der Waals surface area contributed by atoms with Crippen molar-refractivity contribution < 1.29 is 4.74 Å². The number of nitrogens with zero attached hydrogens (tertiary/aromatic N) is 1. The zero-order valence-electron chi connectivity index (χ0n) is 6.01. The van der Waals surface area contributed by atoms with Crippen molar-refractivity contribution in [3.05, 3.63) is 0 Å². The first kappa shape index (κ1) is 8.23. The number of methoxy groups -OCH3 is 1. The van der Waals surface area contributed by atoms with Gasteiger partial charge in [0.2, 0.25) is 0 Å². The predicted octanol–water partition coefficient (Wildman–Crippen LogP) is -0.358. The molecule has 0 aliphatic carbocycles. The van der Waals surface area contributed by atoms with Crippen LogP contribution in [0, 0.1) is 0 Å². The monoisotopic (exact) mass is 131 g/mol. The van der Waals surface area contributed by atoms with Crippen molar-refractivity contribution in [2.75, 3.05) is 7.11 Å². The van der Waals surface area contributed by atoms with Gasteiger partial charge in [-0.25, -0.2) is 4.99 Å². The van der Waals surface area contributed by atoms with Gasteiger partial charge in [-0.1, -0.05) is 0 Å². The fraction of sp³-hybridized carbons (Fsp3) is 0.800. The van der Waals surface area contributed by atoms with E-state index in [4.69, 9.17) is 16.2 Å². The molecule has 0 aliphatic rings. The number of guanidine groups is 1. The van der Waals surface area contributed by atoms with Gasteiger partial charge < -0.3 is 16.2 Å². The highest BCUT2D eigenvalue weighted by Gasteiger charge is 2.12. The Morgan fingerprint density at radius 1 is 1.44 bits per heavy atom. The first-order chi connectivity index (χ1) is 3.98. The van der Waals surface area contributed by atoms with Crippen LogP contribution in [0.2, 0.25) is 0 Å². The average molecular weight is 131 g/mol. The van der Waals surface area contributed by atoms with E-state index in [0.29, 0.717) is 0 Å². The number of aliphatic imine (C=N–C) groups is 1. The van der Waals surface area contributed by atoms with E-state index in [1.807, 2.05) is 0 Å². The van der Waals surface area contributed by atoms with Gasteiger partial charge in [-0.05, 0) is 13.8 Å². The van der Waals surface area contributed by atoms with Crippen LogP contribution in [-0.2, 0) is 4.74 Å². The molecule has 0 bridgehead atoms.